The van der Waals surface area contributed by atoms with E-state index in [0.717, 1.165) is 10.0 Å². The zero-order valence-corrected chi connectivity index (χ0v) is 12.7. The molecule has 0 amide bonds. The van der Waals surface area contributed by atoms with Crippen LogP contribution in [-0.2, 0) is 14.3 Å². The second kappa shape index (κ2) is 7.19. The molecule has 1 unspecified atom stereocenters. The summed E-state index contributed by atoms with van der Waals surface area (Å²) < 4.78 is 5.86. The molecule has 0 aliphatic heterocycles. The molecule has 0 N–H and O–H groups in total. The highest BCUT2D eigenvalue weighted by atomic mass is 79.9. The van der Waals surface area contributed by atoms with Crippen molar-refractivity contribution in [2.45, 2.75) is 13.8 Å². The molecule has 0 heterocycles. The quantitative estimate of drug-likeness (QED) is 0.475. The number of rotatable bonds is 5. The van der Waals surface area contributed by atoms with E-state index in [9.17, 15) is 9.59 Å². The second-order valence-corrected chi connectivity index (χ2v) is 4.83. The van der Waals surface area contributed by atoms with Crippen LogP contribution in [0.4, 0.5) is 0 Å². The molecule has 0 aliphatic rings. The van der Waals surface area contributed by atoms with E-state index in [1.165, 1.54) is 6.92 Å². The van der Waals surface area contributed by atoms with Crippen molar-refractivity contribution in [3.8, 4) is 0 Å². The Morgan fingerprint density at radius 2 is 1.89 bits per heavy atom. The van der Waals surface area contributed by atoms with Crippen LogP contribution >= 0.6 is 15.9 Å². The predicted octanol–water partition coefficient (Wildman–Crippen LogP) is 2.64. The topological polar surface area (TPSA) is 55.7 Å². The number of halogens is 1. The van der Waals surface area contributed by atoms with E-state index >= 15 is 0 Å². The summed E-state index contributed by atoms with van der Waals surface area (Å²) >= 11 is 3.34. The van der Waals surface area contributed by atoms with Gasteiger partial charge in [-0.15, -0.1) is 0 Å². The molecule has 102 valence electrons. The highest BCUT2D eigenvalue weighted by molar-refractivity contribution is 9.10. The van der Waals surface area contributed by atoms with E-state index in [1.807, 2.05) is 24.3 Å². The number of benzene rings is 1. The Morgan fingerprint density at radius 3 is 2.32 bits per heavy atom. The van der Waals surface area contributed by atoms with E-state index in [0.29, 0.717) is 5.71 Å². The normalized spacial score (nSPS) is 12.9. The fraction of sp³-hybridized carbons (Fsp3) is 0.357. The summed E-state index contributed by atoms with van der Waals surface area (Å²) in [4.78, 5) is 27.7. The van der Waals surface area contributed by atoms with Gasteiger partial charge in [0.2, 0.25) is 0 Å². The minimum absolute atomic E-state index is 0.236. The second-order valence-electron chi connectivity index (χ2n) is 3.91. The molecule has 19 heavy (non-hydrogen) atoms. The van der Waals surface area contributed by atoms with Crippen LogP contribution < -0.4 is 0 Å². The maximum absolute atomic E-state index is 11.9. The maximum Gasteiger partial charge on any atom is 0.322 e. The number of esters is 1. The van der Waals surface area contributed by atoms with E-state index in [1.54, 1.807) is 14.0 Å². The number of ether oxygens (including phenoxy) is 1. The highest BCUT2D eigenvalue weighted by Gasteiger charge is 2.30. The summed E-state index contributed by atoms with van der Waals surface area (Å²) in [5.41, 5.74) is 1.16. The Kier molecular flexibility index (Phi) is 5.89. The highest BCUT2D eigenvalue weighted by Crippen LogP contribution is 2.17. The zero-order valence-electron chi connectivity index (χ0n) is 11.1. The number of aliphatic imine (C=N–C) groups is 1. The molecule has 5 heteroatoms. The first-order valence-electron chi connectivity index (χ1n) is 5.91. The standard InChI is InChI=1S/C14H16BrNO3/c1-4-19-14(18)12(9(2)17)13(16-3)10-5-7-11(15)8-6-10/h5-8,12H,4H2,1-3H3. The van der Waals surface area contributed by atoms with Gasteiger partial charge in [-0.1, -0.05) is 28.1 Å². The molecule has 0 spiro atoms. The van der Waals surface area contributed by atoms with Crippen molar-refractivity contribution in [1.82, 2.24) is 0 Å². The Labute approximate surface area is 121 Å². The predicted molar refractivity (Wildman–Crippen MR) is 77.4 cm³/mol. The van der Waals surface area contributed by atoms with Gasteiger partial charge in [0.1, 0.15) is 5.78 Å². The van der Waals surface area contributed by atoms with Crippen molar-refractivity contribution in [3.05, 3.63) is 34.3 Å². The molecular formula is C14H16BrNO3. The van der Waals surface area contributed by atoms with Crippen LogP contribution in [0, 0.1) is 5.92 Å². The van der Waals surface area contributed by atoms with Crippen molar-refractivity contribution in [2.24, 2.45) is 10.9 Å². The molecule has 1 aromatic carbocycles. The molecule has 0 aromatic heterocycles. The van der Waals surface area contributed by atoms with Crippen molar-refractivity contribution in [3.63, 3.8) is 0 Å². The molecule has 1 rings (SSSR count). The summed E-state index contributed by atoms with van der Waals surface area (Å²) in [5, 5.41) is 0. The van der Waals surface area contributed by atoms with Crippen LogP contribution in [0.2, 0.25) is 0 Å². The Morgan fingerprint density at radius 1 is 1.32 bits per heavy atom. The molecule has 0 bridgehead atoms. The van der Waals surface area contributed by atoms with Gasteiger partial charge in [0.05, 0.1) is 12.3 Å². The Bertz CT molecular complexity index is 494. The third-order valence-electron chi connectivity index (χ3n) is 2.58. The van der Waals surface area contributed by atoms with Crippen LogP contribution in [0.5, 0.6) is 0 Å². The molecule has 0 fully saturated rings. The number of carbonyl (C=O) groups excluding carboxylic acids is 2. The summed E-state index contributed by atoms with van der Waals surface area (Å²) in [5.74, 6) is -1.80. The van der Waals surface area contributed by atoms with E-state index in [-0.39, 0.29) is 12.4 Å². The van der Waals surface area contributed by atoms with Crippen LogP contribution in [0.25, 0.3) is 0 Å². The molecule has 0 radical (unpaired) electrons. The third kappa shape index (κ3) is 3.99. The van der Waals surface area contributed by atoms with E-state index in [2.05, 4.69) is 20.9 Å². The van der Waals surface area contributed by atoms with Gasteiger partial charge < -0.3 is 4.74 Å². The Balaban J connectivity index is 3.15. The van der Waals surface area contributed by atoms with Gasteiger partial charge in [0.15, 0.2) is 5.92 Å². The van der Waals surface area contributed by atoms with E-state index < -0.39 is 11.9 Å². The fourth-order valence-corrected chi connectivity index (χ4v) is 2.01. The van der Waals surface area contributed by atoms with Gasteiger partial charge in [0.25, 0.3) is 0 Å². The van der Waals surface area contributed by atoms with E-state index in [4.69, 9.17) is 4.74 Å². The van der Waals surface area contributed by atoms with Crippen LogP contribution in [0.1, 0.15) is 19.4 Å². The smallest absolute Gasteiger partial charge is 0.322 e. The summed E-state index contributed by atoms with van der Waals surface area (Å²) in [7, 11) is 1.56. The lowest BCUT2D eigenvalue weighted by Gasteiger charge is -2.15. The number of carbonyl (C=O) groups is 2. The van der Waals surface area contributed by atoms with Gasteiger partial charge >= 0.3 is 5.97 Å². The number of nitrogens with zero attached hydrogens (tertiary/aromatic N) is 1. The molecule has 0 aliphatic carbocycles. The van der Waals surface area contributed by atoms with Crippen molar-refractivity contribution in [2.75, 3.05) is 13.7 Å². The molecule has 0 saturated carbocycles. The minimum Gasteiger partial charge on any atom is -0.465 e. The summed E-state index contributed by atoms with van der Waals surface area (Å²) in [6, 6.07) is 7.29. The molecule has 1 atom stereocenters. The first kappa shape index (κ1) is 15.6. The van der Waals surface area contributed by atoms with Crippen molar-refractivity contribution < 1.29 is 14.3 Å². The lowest BCUT2D eigenvalue weighted by molar-refractivity contribution is -0.148. The van der Waals surface area contributed by atoms with Crippen molar-refractivity contribution in [1.29, 1.82) is 0 Å². The monoisotopic (exact) mass is 325 g/mol. The number of hydrogen-bond donors (Lipinski definition) is 0. The van der Waals surface area contributed by atoms with Gasteiger partial charge in [-0.3, -0.25) is 14.6 Å². The molecule has 1 aromatic rings. The first-order valence-corrected chi connectivity index (χ1v) is 6.70. The largest absolute Gasteiger partial charge is 0.465 e. The van der Waals surface area contributed by atoms with Crippen LogP contribution in [0.15, 0.2) is 33.7 Å². The van der Waals surface area contributed by atoms with Gasteiger partial charge in [-0.25, -0.2) is 0 Å². The molecule has 0 saturated heterocycles. The van der Waals surface area contributed by atoms with Crippen LogP contribution in [0.3, 0.4) is 0 Å². The molecular weight excluding hydrogens is 310 g/mol. The van der Waals surface area contributed by atoms with Crippen molar-refractivity contribution >= 4 is 33.4 Å². The average molecular weight is 326 g/mol. The zero-order chi connectivity index (χ0) is 14.4. The first-order chi connectivity index (χ1) is 9.01. The lowest BCUT2D eigenvalue weighted by atomic mass is 9.93. The van der Waals surface area contributed by atoms with Gasteiger partial charge in [-0.2, -0.15) is 0 Å². The van der Waals surface area contributed by atoms with Gasteiger partial charge in [-0.05, 0) is 31.5 Å². The van der Waals surface area contributed by atoms with Crippen LogP contribution in [-0.4, -0.2) is 31.1 Å². The summed E-state index contributed by atoms with van der Waals surface area (Å²) in [6.07, 6.45) is 0. The minimum atomic E-state index is -0.967. The van der Waals surface area contributed by atoms with Gasteiger partial charge in [0, 0.05) is 11.5 Å². The fourth-order valence-electron chi connectivity index (χ4n) is 1.74. The molecule has 4 nitrogen and oxygen atoms in total. The SMILES string of the molecule is CCOC(=O)C(C(C)=O)C(=NC)c1ccc(Br)cc1. The Hall–Kier alpha value is -1.49. The third-order valence-corrected chi connectivity index (χ3v) is 3.11. The number of Topliss-reactive ketones (excluding diaryl/α,β-unsaturated/α-hetero) is 1. The summed E-state index contributed by atoms with van der Waals surface area (Å²) in [6.45, 7) is 3.31. The average Bonchev–Trinajstić information content (AvgIpc) is 2.36. The lowest BCUT2D eigenvalue weighted by Crippen LogP contribution is -2.32. The number of ketones is 1. The maximum atomic E-state index is 11.9. The number of hydrogen-bond acceptors (Lipinski definition) is 4.